The van der Waals surface area contributed by atoms with Crippen LogP contribution < -0.4 is 10.1 Å². The maximum absolute atomic E-state index is 11.7. The Labute approximate surface area is 140 Å². The first-order chi connectivity index (χ1) is 11.7. The minimum absolute atomic E-state index is 0.361. The van der Waals surface area contributed by atoms with Crippen LogP contribution in [0.25, 0.3) is 10.9 Å². The number of benzene rings is 2. The van der Waals surface area contributed by atoms with Crippen molar-refractivity contribution in [1.82, 2.24) is 4.98 Å². The van der Waals surface area contributed by atoms with Gasteiger partial charge in [0.05, 0.1) is 24.8 Å². The van der Waals surface area contributed by atoms with Crippen LogP contribution in [-0.2, 0) is 4.74 Å². The molecule has 0 atom stereocenters. The van der Waals surface area contributed by atoms with E-state index < -0.39 is 0 Å². The third-order valence-corrected chi connectivity index (χ3v) is 3.59. The summed E-state index contributed by atoms with van der Waals surface area (Å²) in [7, 11) is 1.37. The number of ether oxygens (including phenoxy) is 2. The van der Waals surface area contributed by atoms with E-state index in [0.717, 1.165) is 28.0 Å². The SMILES string of the molecule is CCOc1ccc2c(Nc3cccc(C(=O)OC)c3)ccnc2c1. The lowest BCUT2D eigenvalue weighted by atomic mass is 10.1. The summed E-state index contributed by atoms with van der Waals surface area (Å²) in [6.45, 7) is 2.56. The van der Waals surface area contributed by atoms with Gasteiger partial charge in [0.15, 0.2) is 0 Å². The molecule has 1 heterocycles. The molecule has 0 unspecified atom stereocenters. The molecule has 0 saturated heterocycles. The van der Waals surface area contributed by atoms with Crippen molar-refractivity contribution in [2.24, 2.45) is 0 Å². The Morgan fingerprint density at radius 3 is 2.83 bits per heavy atom. The quantitative estimate of drug-likeness (QED) is 0.715. The Morgan fingerprint density at radius 2 is 2.04 bits per heavy atom. The average molecular weight is 322 g/mol. The van der Waals surface area contributed by atoms with Crippen molar-refractivity contribution in [3.8, 4) is 5.75 Å². The van der Waals surface area contributed by atoms with Crippen molar-refractivity contribution < 1.29 is 14.3 Å². The lowest BCUT2D eigenvalue weighted by Gasteiger charge is -2.11. The minimum Gasteiger partial charge on any atom is -0.494 e. The Kier molecular flexibility index (Phi) is 4.61. The molecule has 0 spiro atoms. The molecular formula is C19H18N2O3. The van der Waals surface area contributed by atoms with Crippen LogP contribution in [0.3, 0.4) is 0 Å². The van der Waals surface area contributed by atoms with Gasteiger partial charge in [0, 0.05) is 29.0 Å². The number of hydrogen-bond donors (Lipinski definition) is 1. The number of pyridine rings is 1. The highest BCUT2D eigenvalue weighted by Gasteiger charge is 2.08. The number of carbonyl (C=O) groups excluding carboxylic acids is 1. The number of nitrogens with zero attached hydrogens (tertiary/aromatic N) is 1. The van der Waals surface area contributed by atoms with Crippen LogP contribution in [0.5, 0.6) is 5.75 Å². The van der Waals surface area contributed by atoms with Gasteiger partial charge in [0.2, 0.25) is 0 Å². The van der Waals surface area contributed by atoms with E-state index in [4.69, 9.17) is 9.47 Å². The second-order valence-corrected chi connectivity index (χ2v) is 5.17. The summed E-state index contributed by atoms with van der Waals surface area (Å²) in [5.41, 5.74) is 3.05. The van der Waals surface area contributed by atoms with Gasteiger partial charge in [-0.15, -0.1) is 0 Å². The number of methoxy groups -OCH3 is 1. The van der Waals surface area contributed by atoms with Crippen molar-refractivity contribution in [2.45, 2.75) is 6.92 Å². The van der Waals surface area contributed by atoms with E-state index in [-0.39, 0.29) is 5.97 Å². The number of fused-ring (bicyclic) bond motifs is 1. The molecule has 0 aliphatic heterocycles. The van der Waals surface area contributed by atoms with Crippen molar-refractivity contribution in [1.29, 1.82) is 0 Å². The Balaban J connectivity index is 1.94. The molecule has 2 aromatic carbocycles. The summed E-state index contributed by atoms with van der Waals surface area (Å²) in [5, 5.41) is 4.31. The van der Waals surface area contributed by atoms with Gasteiger partial charge in [-0.25, -0.2) is 4.79 Å². The number of hydrogen-bond acceptors (Lipinski definition) is 5. The third kappa shape index (κ3) is 3.30. The highest BCUT2D eigenvalue weighted by molar-refractivity contribution is 5.95. The number of esters is 1. The fraction of sp³-hybridized carbons (Fsp3) is 0.158. The van der Waals surface area contributed by atoms with Crippen LogP contribution >= 0.6 is 0 Å². The molecule has 0 aliphatic carbocycles. The van der Waals surface area contributed by atoms with Gasteiger partial charge in [0.1, 0.15) is 5.75 Å². The van der Waals surface area contributed by atoms with Crippen molar-refractivity contribution in [2.75, 3.05) is 19.0 Å². The first-order valence-electron chi connectivity index (χ1n) is 7.68. The minimum atomic E-state index is -0.361. The number of aromatic nitrogens is 1. The smallest absolute Gasteiger partial charge is 0.337 e. The van der Waals surface area contributed by atoms with Gasteiger partial charge >= 0.3 is 5.97 Å². The zero-order chi connectivity index (χ0) is 16.9. The average Bonchev–Trinajstić information content (AvgIpc) is 2.61. The molecule has 5 nitrogen and oxygen atoms in total. The zero-order valence-electron chi connectivity index (χ0n) is 13.6. The Morgan fingerprint density at radius 1 is 1.17 bits per heavy atom. The molecule has 0 aliphatic rings. The maximum atomic E-state index is 11.7. The van der Waals surface area contributed by atoms with Gasteiger partial charge in [-0.1, -0.05) is 6.07 Å². The first kappa shape index (κ1) is 15.8. The van der Waals surface area contributed by atoms with E-state index >= 15 is 0 Å². The molecule has 0 amide bonds. The molecule has 3 rings (SSSR count). The molecular weight excluding hydrogens is 304 g/mol. The first-order valence-corrected chi connectivity index (χ1v) is 7.68. The second-order valence-electron chi connectivity index (χ2n) is 5.17. The summed E-state index contributed by atoms with van der Waals surface area (Å²) >= 11 is 0. The summed E-state index contributed by atoms with van der Waals surface area (Å²) in [4.78, 5) is 16.0. The summed E-state index contributed by atoms with van der Waals surface area (Å²) in [6.07, 6.45) is 1.74. The summed E-state index contributed by atoms with van der Waals surface area (Å²) < 4.78 is 10.3. The molecule has 0 radical (unpaired) electrons. The Bertz CT molecular complexity index is 877. The monoisotopic (exact) mass is 322 g/mol. The van der Waals surface area contributed by atoms with Gasteiger partial charge in [-0.05, 0) is 43.3 Å². The highest BCUT2D eigenvalue weighted by atomic mass is 16.5. The third-order valence-electron chi connectivity index (χ3n) is 3.59. The number of rotatable bonds is 5. The molecule has 0 bridgehead atoms. The van der Waals surface area contributed by atoms with E-state index in [1.807, 2.05) is 43.3 Å². The van der Waals surface area contributed by atoms with Gasteiger partial charge in [-0.3, -0.25) is 4.98 Å². The lowest BCUT2D eigenvalue weighted by molar-refractivity contribution is 0.0601. The molecule has 3 aromatic rings. The van der Waals surface area contributed by atoms with Gasteiger partial charge in [-0.2, -0.15) is 0 Å². The van der Waals surface area contributed by atoms with Gasteiger partial charge in [0.25, 0.3) is 0 Å². The van der Waals surface area contributed by atoms with E-state index in [1.165, 1.54) is 7.11 Å². The molecule has 0 fully saturated rings. The molecule has 0 saturated carbocycles. The maximum Gasteiger partial charge on any atom is 0.337 e. The van der Waals surface area contributed by atoms with Gasteiger partial charge < -0.3 is 14.8 Å². The van der Waals surface area contributed by atoms with Crippen LogP contribution in [0.1, 0.15) is 17.3 Å². The number of carbonyl (C=O) groups is 1. The molecule has 24 heavy (non-hydrogen) atoms. The second kappa shape index (κ2) is 7.00. The largest absolute Gasteiger partial charge is 0.494 e. The van der Waals surface area contributed by atoms with Crippen molar-refractivity contribution in [3.63, 3.8) is 0 Å². The fourth-order valence-corrected chi connectivity index (χ4v) is 2.49. The molecule has 122 valence electrons. The molecule has 1 N–H and O–H groups in total. The van der Waals surface area contributed by atoms with Crippen LogP contribution in [0.15, 0.2) is 54.7 Å². The predicted molar refractivity (Wildman–Crippen MR) is 94.0 cm³/mol. The fourth-order valence-electron chi connectivity index (χ4n) is 2.49. The normalized spacial score (nSPS) is 10.4. The lowest BCUT2D eigenvalue weighted by Crippen LogP contribution is -2.02. The van der Waals surface area contributed by atoms with Crippen LogP contribution in [-0.4, -0.2) is 24.7 Å². The predicted octanol–water partition coefficient (Wildman–Crippen LogP) is 4.16. The van der Waals surface area contributed by atoms with E-state index in [1.54, 1.807) is 18.3 Å². The zero-order valence-corrected chi connectivity index (χ0v) is 13.6. The van der Waals surface area contributed by atoms with E-state index in [0.29, 0.717) is 12.2 Å². The van der Waals surface area contributed by atoms with Crippen LogP contribution in [0.2, 0.25) is 0 Å². The van der Waals surface area contributed by atoms with E-state index in [9.17, 15) is 4.79 Å². The number of anilines is 2. The molecule has 5 heteroatoms. The molecule has 1 aromatic heterocycles. The summed E-state index contributed by atoms with van der Waals surface area (Å²) in [5.74, 6) is 0.432. The van der Waals surface area contributed by atoms with Crippen LogP contribution in [0.4, 0.5) is 11.4 Å². The summed E-state index contributed by atoms with van der Waals surface area (Å²) in [6, 6.07) is 14.9. The Hall–Kier alpha value is -3.08. The van der Waals surface area contributed by atoms with Crippen molar-refractivity contribution >= 4 is 28.2 Å². The van der Waals surface area contributed by atoms with E-state index in [2.05, 4.69) is 10.3 Å². The standard InChI is InChI=1S/C19H18N2O3/c1-3-24-15-7-8-16-17(9-10-20-18(16)12-15)21-14-6-4-5-13(11-14)19(22)23-2/h4-12H,3H2,1-2H3,(H,20,21). The topological polar surface area (TPSA) is 60.5 Å². The highest BCUT2D eigenvalue weighted by Crippen LogP contribution is 2.28. The van der Waals surface area contributed by atoms with Crippen LogP contribution in [0, 0.1) is 0 Å². The van der Waals surface area contributed by atoms with Crippen molar-refractivity contribution in [3.05, 3.63) is 60.3 Å². The number of nitrogens with one attached hydrogen (secondary N) is 1.